The largest absolute Gasteiger partial charge is 0.411 e. The third-order valence-corrected chi connectivity index (χ3v) is 17.3. The van der Waals surface area contributed by atoms with Crippen LogP contribution in [0.2, 0.25) is 0 Å². The highest BCUT2D eigenvalue weighted by Crippen LogP contribution is 2.30. The Morgan fingerprint density at radius 2 is 0.708 bits per heavy atom. The zero-order chi connectivity index (χ0) is 78.6. The standard InChI is InChI=1S/C13H20N4.C11H11N5.C11H17N3.C10H13F3N4O.C10H12F3N3.C9H13N3.C8H11FN4/c1-2-6-15-10-13(17-7-3-4-8-17)11-16(12-15)9-5-14;1-2-10(6-12)15-4-3-5-16(9-15)11(7-13)8-14;1-2-3-7-13-9-5-10-14(11-13)8-4-6-12;11-10(12,13)7-18-9-5-16(3-1-14)8-17(6-9)4-2-15;1-2-4-15-6-9(10(11,12)13)7-16(8-15)5-3-14;1-2-5-11-6-3-7-12(9-11)8-4-10;9-8-5-12(3-1-10)7-13(6-8)4-2-11/h1,13H,3-4,6-12H2;1,10-11H,3-5,9H2;1H,3-5,7-11H2;9H,3-8H2;1,9H,4-8H2;1H,3,5-9H2;8H,3-7H2. The zero-order valence-electron chi connectivity index (χ0n) is 60.4. The van der Waals surface area contributed by atoms with Crippen molar-refractivity contribution in [3.8, 4) is 128 Å². The summed E-state index contributed by atoms with van der Waals surface area (Å²) in [6, 6.07) is 21.3. The molecule has 0 radical (unpaired) electrons. The van der Waals surface area contributed by atoms with Gasteiger partial charge in [-0.2, -0.15) is 84.2 Å². The van der Waals surface area contributed by atoms with Crippen molar-refractivity contribution < 1.29 is 35.5 Å². The highest BCUT2D eigenvalue weighted by Gasteiger charge is 2.44. The van der Waals surface area contributed by atoms with Gasteiger partial charge in [-0.05, 0) is 45.2 Å². The van der Waals surface area contributed by atoms with Crippen molar-refractivity contribution in [3.05, 3.63) is 0 Å². The second kappa shape index (κ2) is 54.6. The van der Waals surface area contributed by atoms with Gasteiger partial charge in [0.15, 0.2) is 12.1 Å². The Kier molecular flexibility index (Phi) is 48.0. The summed E-state index contributed by atoms with van der Waals surface area (Å²) in [6.45, 7) is 19.2. The molecule has 0 aromatic rings. The first-order valence-electron chi connectivity index (χ1n) is 34.6. The molecule has 8 rings (SSSR count). The van der Waals surface area contributed by atoms with Crippen LogP contribution < -0.4 is 0 Å². The Morgan fingerprint density at radius 1 is 0.358 bits per heavy atom. The fourth-order valence-corrected chi connectivity index (χ4v) is 12.7. The van der Waals surface area contributed by atoms with Gasteiger partial charge in [-0.15, -0.1) is 38.0 Å². The van der Waals surface area contributed by atoms with Crippen LogP contribution in [-0.4, -0.2) is 353 Å². The number of hydrogen-bond donors (Lipinski definition) is 0. The molecule has 0 N–H and O–H groups in total. The third-order valence-electron chi connectivity index (χ3n) is 17.3. The quantitative estimate of drug-likeness (QED) is 0.102. The van der Waals surface area contributed by atoms with E-state index in [9.17, 15) is 30.7 Å². The molecule has 27 nitrogen and oxygen atoms in total. The second-order valence-electron chi connectivity index (χ2n) is 25.8. The third kappa shape index (κ3) is 39.4. The summed E-state index contributed by atoms with van der Waals surface area (Å²) in [6.07, 6.45) is 23.1. The Bertz CT molecular complexity index is 3070. The average Bonchev–Trinajstić information content (AvgIpc) is 1.38. The van der Waals surface area contributed by atoms with Crippen LogP contribution in [0.15, 0.2) is 0 Å². The second-order valence-corrected chi connectivity index (χ2v) is 25.8. The predicted molar refractivity (Wildman–Crippen MR) is 378 cm³/mol. The van der Waals surface area contributed by atoms with Gasteiger partial charge in [-0.3, -0.25) is 73.5 Å². The van der Waals surface area contributed by atoms with Crippen molar-refractivity contribution in [2.75, 3.05) is 237 Å². The van der Waals surface area contributed by atoms with Crippen LogP contribution in [0.5, 0.6) is 0 Å². The molecule has 8 aliphatic heterocycles. The molecule has 0 aromatic heterocycles. The number of hydrogen-bond acceptors (Lipinski definition) is 27. The number of likely N-dealkylation sites (tertiary alicyclic amines) is 1. The number of nitrogens with zero attached hydrogens (tertiary/aromatic N) is 26. The molecule has 0 saturated carbocycles. The van der Waals surface area contributed by atoms with E-state index in [1.165, 1.54) is 42.2 Å². The van der Waals surface area contributed by atoms with Crippen molar-refractivity contribution in [1.29, 1.82) is 57.9 Å². The number of nitriles is 11. The number of alkyl halides is 7. The van der Waals surface area contributed by atoms with E-state index in [0.29, 0.717) is 85.0 Å². The Labute approximate surface area is 623 Å². The summed E-state index contributed by atoms with van der Waals surface area (Å²) in [7, 11) is 0. The molecule has 8 fully saturated rings. The summed E-state index contributed by atoms with van der Waals surface area (Å²) >= 11 is 0. The van der Waals surface area contributed by atoms with Gasteiger partial charge < -0.3 is 4.74 Å². The molecule has 0 amide bonds. The van der Waals surface area contributed by atoms with Gasteiger partial charge in [-0.25, -0.2) is 4.39 Å². The van der Waals surface area contributed by atoms with Crippen LogP contribution in [0.4, 0.5) is 30.7 Å². The van der Waals surface area contributed by atoms with E-state index in [-0.39, 0.29) is 65.4 Å². The van der Waals surface area contributed by atoms with Gasteiger partial charge >= 0.3 is 12.4 Å². The van der Waals surface area contributed by atoms with Gasteiger partial charge in [-0.1, -0.05) is 23.7 Å². The Balaban J connectivity index is 0.000000422. The molecule has 34 heteroatoms. The van der Waals surface area contributed by atoms with Crippen LogP contribution in [0.1, 0.15) is 44.9 Å². The molecule has 0 bridgehead atoms. The molecule has 3 atom stereocenters. The van der Waals surface area contributed by atoms with Crippen molar-refractivity contribution in [1.82, 2.24) is 73.5 Å². The van der Waals surface area contributed by atoms with Gasteiger partial charge in [0.2, 0.25) is 0 Å². The number of rotatable bonds is 19. The lowest BCUT2D eigenvalue weighted by Gasteiger charge is -2.42. The number of terminal acetylenes is 5. The van der Waals surface area contributed by atoms with Gasteiger partial charge in [0, 0.05) is 124 Å². The summed E-state index contributed by atoms with van der Waals surface area (Å²) in [5, 5.41) is 94.7. The molecular weight excluding hydrogens is 1380 g/mol. The summed E-state index contributed by atoms with van der Waals surface area (Å²) < 4.78 is 91.7. The van der Waals surface area contributed by atoms with Gasteiger partial charge in [0.1, 0.15) is 12.8 Å². The van der Waals surface area contributed by atoms with E-state index in [4.69, 9.17) is 94.7 Å². The number of ether oxygens (including phenoxy) is 1. The van der Waals surface area contributed by atoms with Gasteiger partial charge in [0.25, 0.3) is 0 Å². The average molecular weight is 1480 g/mol. The maximum atomic E-state index is 13.0. The van der Waals surface area contributed by atoms with Crippen LogP contribution in [0, 0.1) is 192 Å². The SMILES string of the molecule is C#CC(C#N)N1CCCN(C(C#N)C#N)C1.C#CCCN1CCCN(CCC#N)C1.C#CCN1CC(C(F)(F)F)CN(CC#N)C1.C#CCN1CC(N2CCCC2)CN(CC#N)C1.C#CCN1CCCN(CC#N)C1.N#CCN1CC(F)CN(CC#N)C1.N#CCN1CC(OCC(F)(F)F)CN(CC#N)C1. The molecule has 0 aromatic carbocycles. The number of halogens is 7. The van der Waals surface area contributed by atoms with E-state index in [2.05, 4.69) is 82.1 Å². The van der Waals surface area contributed by atoms with Crippen molar-refractivity contribution in [3.63, 3.8) is 0 Å². The molecular formula is C72H97F7N26O. The first-order valence-corrected chi connectivity index (χ1v) is 34.6. The van der Waals surface area contributed by atoms with Gasteiger partial charge in [0.05, 0.1) is 191 Å². The molecule has 570 valence electrons. The van der Waals surface area contributed by atoms with Crippen LogP contribution in [0.3, 0.4) is 0 Å². The van der Waals surface area contributed by atoms with E-state index in [0.717, 1.165) is 98.2 Å². The molecule has 0 spiro atoms. The fourth-order valence-electron chi connectivity index (χ4n) is 12.7. The van der Waals surface area contributed by atoms with Crippen molar-refractivity contribution in [2.45, 2.75) is 87.7 Å². The minimum absolute atomic E-state index is 0.00630. The maximum absolute atomic E-state index is 13.0. The first kappa shape index (κ1) is 93.1. The maximum Gasteiger partial charge on any atom is 0.411 e. The molecule has 8 aliphatic rings. The molecule has 106 heavy (non-hydrogen) atoms. The topological polar surface area (TPSA) is 320 Å². The molecule has 8 saturated heterocycles. The van der Waals surface area contributed by atoms with E-state index in [1.807, 2.05) is 48.6 Å². The molecule has 8 heterocycles. The van der Waals surface area contributed by atoms with Crippen LogP contribution in [-0.2, 0) is 4.74 Å². The molecule has 0 aliphatic carbocycles. The van der Waals surface area contributed by atoms with Crippen LogP contribution in [0.25, 0.3) is 0 Å². The van der Waals surface area contributed by atoms with E-state index in [1.54, 1.807) is 29.4 Å². The highest BCUT2D eigenvalue weighted by molar-refractivity contribution is 5.14. The van der Waals surface area contributed by atoms with Crippen molar-refractivity contribution >= 4 is 0 Å². The minimum Gasteiger partial charge on any atom is -0.366 e. The lowest BCUT2D eigenvalue weighted by atomic mass is 10.1. The molecule has 3 unspecified atom stereocenters. The van der Waals surface area contributed by atoms with E-state index >= 15 is 0 Å². The summed E-state index contributed by atoms with van der Waals surface area (Å²) in [5.74, 6) is 11.3. The first-order chi connectivity index (χ1) is 51.0. The fraction of sp³-hybridized carbons (Fsp3) is 0.708. The van der Waals surface area contributed by atoms with Crippen molar-refractivity contribution in [2.24, 2.45) is 5.92 Å². The Morgan fingerprint density at radius 3 is 1.11 bits per heavy atom. The lowest BCUT2D eigenvalue weighted by molar-refractivity contribution is -0.195. The summed E-state index contributed by atoms with van der Waals surface area (Å²) in [5.41, 5.74) is 0. The Hall–Kier alpha value is -8.94. The minimum atomic E-state index is -4.36. The zero-order valence-corrected chi connectivity index (χ0v) is 60.4. The normalized spacial score (nSPS) is 21.5. The smallest absolute Gasteiger partial charge is 0.366 e. The summed E-state index contributed by atoms with van der Waals surface area (Å²) in [4.78, 5) is 29.2. The monoisotopic (exact) mass is 1470 g/mol. The predicted octanol–water partition coefficient (Wildman–Crippen LogP) is 2.47. The lowest BCUT2D eigenvalue weighted by Crippen LogP contribution is -2.57. The van der Waals surface area contributed by atoms with E-state index < -0.39 is 49.2 Å². The highest BCUT2D eigenvalue weighted by atomic mass is 19.4. The van der Waals surface area contributed by atoms with Crippen LogP contribution >= 0.6 is 0 Å².